The fourth-order valence-electron chi connectivity index (χ4n) is 3.53. The molecule has 1 unspecified atom stereocenters. The van der Waals surface area contributed by atoms with E-state index in [-0.39, 0.29) is 12.0 Å². The van der Waals surface area contributed by atoms with Gasteiger partial charge in [0.05, 0.1) is 6.54 Å². The van der Waals surface area contributed by atoms with Crippen LogP contribution in [-0.4, -0.2) is 54.1 Å². The molecule has 1 amide bonds. The standard InChI is InChI=1S/C17H26N4O2/c1-20(2)15-16(19-10-9-18-15)23-14-8-5-11-21(12-14)17(22)13-6-3-4-7-13/h9-10,13-14H,3-8,11-12H2,1-2H3. The first kappa shape index (κ1) is 16.0. The average Bonchev–Trinajstić information content (AvgIpc) is 3.09. The highest BCUT2D eigenvalue weighted by Crippen LogP contribution is 2.29. The molecule has 0 bridgehead atoms. The van der Waals surface area contributed by atoms with E-state index in [4.69, 9.17) is 4.74 Å². The maximum atomic E-state index is 12.6. The lowest BCUT2D eigenvalue weighted by molar-refractivity contribution is -0.138. The van der Waals surface area contributed by atoms with Crippen LogP contribution in [0.1, 0.15) is 38.5 Å². The van der Waals surface area contributed by atoms with E-state index < -0.39 is 0 Å². The van der Waals surface area contributed by atoms with E-state index in [0.717, 1.165) is 38.0 Å². The number of ether oxygens (including phenoxy) is 1. The molecule has 1 saturated heterocycles. The van der Waals surface area contributed by atoms with E-state index in [1.54, 1.807) is 12.4 Å². The number of hydrogen-bond acceptors (Lipinski definition) is 5. The Kier molecular flexibility index (Phi) is 4.98. The SMILES string of the molecule is CN(C)c1nccnc1OC1CCCN(C(=O)C2CCCC2)C1. The van der Waals surface area contributed by atoms with Crippen LogP contribution in [0.25, 0.3) is 0 Å². The van der Waals surface area contributed by atoms with Crippen LogP contribution >= 0.6 is 0 Å². The van der Waals surface area contributed by atoms with Gasteiger partial charge in [-0.2, -0.15) is 0 Å². The maximum Gasteiger partial charge on any atom is 0.257 e. The fourth-order valence-corrected chi connectivity index (χ4v) is 3.53. The van der Waals surface area contributed by atoms with Crippen LogP contribution in [-0.2, 0) is 4.79 Å². The normalized spacial score (nSPS) is 22.2. The number of anilines is 1. The zero-order valence-electron chi connectivity index (χ0n) is 14.1. The van der Waals surface area contributed by atoms with Gasteiger partial charge in [-0.25, -0.2) is 9.97 Å². The molecule has 1 atom stereocenters. The first-order valence-corrected chi connectivity index (χ1v) is 8.59. The van der Waals surface area contributed by atoms with Crippen molar-refractivity contribution < 1.29 is 9.53 Å². The predicted octanol–water partition coefficient (Wildman–Crippen LogP) is 2.10. The van der Waals surface area contributed by atoms with Crippen LogP contribution in [0.2, 0.25) is 0 Å². The number of rotatable bonds is 4. The molecular formula is C17H26N4O2. The van der Waals surface area contributed by atoms with Crippen LogP contribution in [0, 0.1) is 5.92 Å². The van der Waals surface area contributed by atoms with Gasteiger partial charge in [0.25, 0.3) is 5.88 Å². The van der Waals surface area contributed by atoms with E-state index in [2.05, 4.69) is 9.97 Å². The Bertz CT molecular complexity index is 543. The molecule has 126 valence electrons. The largest absolute Gasteiger partial charge is 0.470 e. The Labute approximate surface area is 137 Å². The molecule has 2 fully saturated rings. The lowest BCUT2D eigenvalue weighted by Crippen LogP contribution is -2.46. The smallest absolute Gasteiger partial charge is 0.257 e. The van der Waals surface area contributed by atoms with Crippen molar-refractivity contribution >= 4 is 11.7 Å². The Balaban J connectivity index is 1.64. The number of carbonyl (C=O) groups is 1. The van der Waals surface area contributed by atoms with Crippen LogP contribution in [0.4, 0.5) is 5.82 Å². The van der Waals surface area contributed by atoms with Crippen LogP contribution in [0.5, 0.6) is 5.88 Å². The summed E-state index contributed by atoms with van der Waals surface area (Å²) < 4.78 is 6.08. The molecule has 1 aliphatic carbocycles. The topological polar surface area (TPSA) is 58.6 Å². The summed E-state index contributed by atoms with van der Waals surface area (Å²) in [5.74, 6) is 1.84. The van der Waals surface area contributed by atoms with Crippen LogP contribution in [0.3, 0.4) is 0 Å². The Morgan fingerprint density at radius 3 is 2.65 bits per heavy atom. The summed E-state index contributed by atoms with van der Waals surface area (Å²) in [5.41, 5.74) is 0. The predicted molar refractivity (Wildman–Crippen MR) is 88.5 cm³/mol. The molecule has 0 N–H and O–H groups in total. The second-order valence-electron chi connectivity index (χ2n) is 6.73. The number of carbonyl (C=O) groups excluding carboxylic acids is 1. The molecule has 3 rings (SSSR count). The van der Waals surface area contributed by atoms with Crippen molar-refractivity contribution in [3.8, 4) is 5.88 Å². The van der Waals surface area contributed by atoms with Gasteiger partial charge in [-0.3, -0.25) is 4.79 Å². The fraction of sp³-hybridized carbons (Fsp3) is 0.706. The molecule has 0 spiro atoms. The summed E-state index contributed by atoms with van der Waals surface area (Å²) in [6, 6.07) is 0. The minimum Gasteiger partial charge on any atom is -0.470 e. The van der Waals surface area contributed by atoms with E-state index in [9.17, 15) is 4.79 Å². The molecule has 1 saturated carbocycles. The summed E-state index contributed by atoms with van der Waals surface area (Å²) in [6.07, 6.45) is 9.74. The van der Waals surface area contributed by atoms with Gasteiger partial charge >= 0.3 is 0 Å². The van der Waals surface area contributed by atoms with E-state index in [1.807, 2.05) is 23.9 Å². The quantitative estimate of drug-likeness (QED) is 0.851. The molecule has 1 aromatic rings. The summed E-state index contributed by atoms with van der Waals surface area (Å²) in [4.78, 5) is 25.1. The lowest BCUT2D eigenvalue weighted by Gasteiger charge is -2.34. The van der Waals surface area contributed by atoms with Crippen molar-refractivity contribution in [2.45, 2.75) is 44.6 Å². The second kappa shape index (κ2) is 7.15. The summed E-state index contributed by atoms with van der Waals surface area (Å²) in [5, 5.41) is 0. The molecule has 1 aliphatic heterocycles. The van der Waals surface area contributed by atoms with Crippen molar-refractivity contribution in [2.75, 3.05) is 32.1 Å². The van der Waals surface area contributed by atoms with E-state index in [1.165, 1.54) is 12.8 Å². The monoisotopic (exact) mass is 318 g/mol. The van der Waals surface area contributed by atoms with Gasteiger partial charge in [-0.15, -0.1) is 0 Å². The molecule has 0 aromatic carbocycles. The van der Waals surface area contributed by atoms with Crippen LogP contribution in [0.15, 0.2) is 12.4 Å². The van der Waals surface area contributed by atoms with Gasteiger partial charge in [-0.05, 0) is 25.7 Å². The van der Waals surface area contributed by atoms with Gasteiger partial charge in [0.2, 0.25) is 5.91 Å². The molecule has 6 heteroatoms. The Morgan fingerprint density at radius 1 is 1.17 bits per heavy atom. The molecule has 1 aromatic heterocycles. The molecular weight excluding hydrogens is 292 g/mol. The van der Waals surface area contributed by atoms with Crippen molar-refractivity contribution in [2.24, 2.45) is 5.92 Å². The van der Waals surface area contributed by atoms with Gasteiger partial charge in [-0.1, -0.05) is 12.8 Å². The Morgan fingerprint density at radius 2 is 1.91 bits per heavy atom. The first-order chi connectivity index (χ1) is 11.1. The summed E-state index contributed by atoms with van der Waals surface area (Å²) in [6.45, 7) is 1.52. The van der Waals surface area contributed by atoms with E-state index in [0.29, 0.717) is 18.3 Å². The van der Waals surface area contributed by atoms with Crippen LogP contribution < -0.4 is 9.64 Å². The highest BCUT2D eigenvalue weighted by molar-refractivity contribution is 5.79. The number of nitrogens with zero attached hydrogens (tertiary/aromatic N) is 4. The average molecular weight is 318 g/mol. The summed E-state index contributed by atoms with van der Waals surface area (Å²) >= 11 is 0. The zero-order chi connectivity index (χ0) is 16.2. The van der Waals surface area contributed by atoms with Gasteiger partial charge < -0.3 is 14.5 Å². The third-order valence-electron chi connectivity index (χ3n) is 4.74. The van der Waals surface area contributed by atoms with Gasteiger partial charge in [0.15, 0.2) is 5.82 Å². The number of piperidine rings is 1. The molecule has 2 aliphatic rings. The Hall–Kier alpha value is -1.85. The number of amides is 1. The summed E-state index contributed by atoms with van der Waals surface area (Å²) in [7, 11) is 3.85. The third kappa shape index (κ3) is 3.74. The minimum absolute atomic E-state index is 0.00417. The molecule has 0 radical (unpaired) electrons. The van der Waals surface area contributed by atoms with Crippen molar-refractivity contribution in [1.29, 1.82) is 0 Å². The van der Waals surface area contributed by atoms with Gasteiger partial charge in [0.1, 0.15) is 6.10 Å². The molecule has 23 heavy (non-hydrogen) atoms. The number of aromatic nitrogens is 2. The zero-order valence-corrected chi connectivity index (χ0v) is 14.1. The van der Waals surface area contributed by atoms with Crippen molar-refractivity contribution in [3.63, 3.8) is 0 Å². The lowest BCUT2D eigenvalue weighted by atomic mass is 10.0. The maximum absolute atomic E-state index is 12.6. The number of likely N-dealkylation sites (tertiary alicyclic amines) is 1. The second-order valence-corrected chi connectivity index (χ2v) is 6.73. The molecule has 2 heterocycles. The van der Waals surface area contributed by atoms with Crippen molar-refractivity contribution in [1.82, 2.24) is 14.9 Å². The van der Waals surface area contributed by atoms with Gasteiger partial charge in [0, 0.05) is 39.0 Å². The highest BCUT2D eigenvalue weighted by atomic mass is 16.5. The molecule has 6 nitrogen and oxygen atoms in total. The third-order valence-corrected chi connectivity index (χ3v) is 4.74. The van der Waals surface area contributed by atoms with E-state index >= 15 is 0 Å². The van der Waals surface area contributed by atoms with Crippen molar-refractivity contribution in [3.05, 3.63) is 12.4 Å². The number of hydrogen-bond donors (Lipinski definition) is 0. The first-order valence-electron chi connectivity index (χ1n) is 8.59. The minimum atomic E-state index is 0.00417. The highest BCUT2D eigenvalue weighted by Gasteiger charge is 2.31.